The maximum atomic E-state index is 13.3. The smallest absolute Gasteiger partial charge is 0.416 e. The molecule has 1 aliphatic rings. The molecule has 0 radical (unpaired) electrons. The molecule has 1 N–H and O–H groups in total. The third-order valence-electron chi connectivity index (χ3n) is 6.72. The second-order valence-corrected chi connectivity index (χ2v) is 8.85. The summed E-state index contributed by atoms with van der Waals surface area (Å²) in [5.41, 5.74) is 7.07. The number of ether oxygens (including phenoxy) is 1. The van der Waals surface area contributed by atoms with Crippen molar-refractivity contribution in [2.24, 2.45) is 0 Å². The third kappa shape index (κ3) is 4.63. The van der Waals surface area contributed by atoms with Gasteiger partial charge in [-0.3, -0.25) is 4.98 Å². The van der Waals surface area contributed by atoms with Crippen LogP contribution in [-0.4, -0.2) is 12.1 Å². The lowest BCUT2D eigenvalue weighted by atomic mass is 9.88. The Balaban J connectivity index is 1.78. The van der Waals surface area contributed by atoms with Crippen molar-refractivity contribution in [1.82, 2.24) is 4.98 Å². The van der Waals surface area contributed by atoms with Crippen molar-refractivity contribution < 1.29 is 17.9 Å². The summed E-state index contributed by atoms with van der Waals surface area (Å²) in [6, 6.07) is 12.0. The standard InChI is InChI=1S/C28H31F3N2O/c1-5-18-9-7-10-19(6-2)26(18)24-16-25(34-4)27-21(11-8-12-22(27)33-24)32-23-15-20(28(29,30)31)14-13-17(23)3/h7,9-10,13-16,21,32H,5-6,8,11-12H2,1-4H3. The highest BCUT2D eigenvalue weighted by atomic mass is 19.4. The molecule has 1 aromatic heterocycles. The van der Waals surface area contributed by atoms with E-state index in [0.717, 1.165) is 72.0 Å². The fourth-order valence-corrected chi connectivity index (χ4v) is 4.92. The SMILES string of the molecule is CCc1cccc(CC)c1-c1cc(OC)c2c(n1)CCCC2Nc1cc(C(F)(F)F)ccc1C. The highest BCUT2D eigenvalue weighted by Crippen LogP contribution is 2.42. The molecular formula is C28H31F3N2O. The lowest BCUT2D eigenvalue weighted by molar-refractivity contribution is -0.137. The summed E-state index contributed by atoms with van der Waals surface area (Å²) in [7, 11) is 1.65. The number of fused-ring (bicyclic) bond motifs is 1. The average molecular weight is 469 g/mol. The Hall–Kier alpha value is -3.02. The van der Waals surface area contributed by atoms with Gasteiger partial charge in [-0.1, -0.05) is 38.1 Å². The number of anilines is 1. The van der Waals surface area contributed by atoms with Gasteiger partial charge in [-0.25, -0.2) is 0 Å². The number of alkyl halides is 3. The summed E-state index contributed by atoms with van der Waals surface area (Å²) in [6.07, 6.45) is -0.0574. The highest BCUT2D eigenvalue weighted by Gasteiger charge is 2.32. The molecule has 4 rings (SSSR count). The molecular weight excluding hydrogens is 437 g/mol. The number of halogens is 3. The minimum atomic E-state index is -4.38. The Kier molecular flexibility index (Phi) is 6.87. The van der Waals surface area contributed by atoms with E-state index >= 15 is 0 Å². The summed E-state index contributed by atoms with van der Waals surface area (Å²) >= 11 is 0. The van der Waals surface area contributed by atoms with Gasteiger partial charge in [0.25, 0.3) is 0 Å². The van der Waals surface area contributed by atoms with Gasteiger partial charge in [0, 0.05) is 22.9 Å². The molecule has 2 aromatic carbocycles. The molecule has 3 aromatic rings. The zero-order valence-electron chi connectivity index (χ0n) is 20.1. The molecule has 0 aliphatic heterocycles. The maximum absolute atomic E-state index is 13.3. The molecule has 0 fully saturated rings. The van der Waals surface area contributed by atoms with E-state index in [4.69, 9.17) is 9.72 Å². The average Bonchev–Trinajstić information content (AvgIpc) is 2.83. The molecule has 0 spiro atoms. The van der Waals surface area contributed by atoms with Crippen molar-refractivity contribution in [3.05, 3.63) is 76.0 Å². The number of hydrogen-bond acceptors (Lipinski definition) is 3. The minimum Gasteiger partial charge on any atom is -0.496 e. The quantitative estimate of drug-likeness (QED) is 0.402. The van der Waals surface area contributed by atoms with E-state index in [1.165, 1.54) is 23.3 Å². The minimum absolute atomic E-state index is 0.172. The van der Waals surface area contributed by atoms with Crippen molar-refractivity contribution in [2.45, 2.75) is 65.1 Å². The first-order valence-electron chi connectivity index (χ1n) is 11.9. The largest absolute Gasteiger partial charge is 0.496 e. The highest BCUT2D eigenvalue weighted by molar-refractivity contribution is 5.71. The predicted octanol–water partition coefficient (Wildman–Crippen LogP) is 7.70. The van der Waals surface area contributed by atoms with Gasteiger partial charge < -0.3 is 10.1 Å². The number of methoxy groups -OCH3 is 1. The number of nitrogens with one attached hydrogen (secondary N) is 1. The maximum Gasteiger partial charge on any atom is 0.416 e. The Morgan fingerprint density at radius 2 is 1.76 bits per heavy atom. The Morgan fingerprint density at radius 3 is 2.38 bits per heavy atom. The molecule has 0 saturated carbocycles. The molecule has 1 unspecified atom stereocenters. The van der Waals surface area contributed by atoms with Gasteiger partial charge in [0.1, 0.15) is 5.75 Å². The Morgan fingerprint density at radius 1 is 1.06 bits per heavy atom. The van der Waals surface area contributed by atoms with Crippen LogP contribution < -0.4 is 10.1 Å². The zero-order valence-corrected chi connectivity index (χ0v) is 20.1. The fourth-order valence-electron chi connectivity index (χ4n) is 4.92. The van der Waals surface area contributed by atoms with E-state index in [9.17, 15) is 13.2 Å². The van der Waals surface area contributed by atoms with Gasteiger partial charge in [-0.15, -0.1) is 0 Å². The van der Waals surface area contributed by atoms with E-state index in [1.54, 1.807) is 7.11 Å². The normalized spacial score (nSPS) is 15.7. The molecule has 34 heavy (non-hydrogen) atoms. The molecule has 0 bridgehead atoms. The first-order chi connectivity index (χ1) is 16.3. The topological polar surface area (TPSA) is 34.1 Å². The lowest BCUT2D eigenvalue weighted by Crippen LogP contribution is -2.21. The molecule has 1 atom stereocenters. The van der Waals surface area contributed by atoms with Crippen LogP contribution in [0.5, 0.6) is 5.75 Å². The number of benzene rings is 2. The monoisotopic (exact) mass is 468 g/mol. The number of pyridine rings is 1. The van der Waals surface area contributed by atoms with Crippen LogP contribution in [0.2, 0.25) is 0 Å². The van der Waals surface area contributed by atoms with Crippen LogP contribution in [0.4, 0.5) is 18.9 Å². The molecule has 0 saturated heterocycles. The van der Waals surface area contributed by atoms with E-state index in [2.05, 4.69) is 37.4 Å². The summed E-state index contributed by atoms with van der Waals surface area (Å²) in [5, 5.41) is 3.38. The van der Waals surface area contributed by atoms with Gasteiger partial charge in [0.05, 0.1) is 30.1 Å². The Bertz CT molecular complexity index is 1150. The number of nitrogens with zero attached hydrogens (tertiary/aromatic N) is 1. The van der Waals surface area contributed by atoms with Gasteiger partial charge in [0.2, 0.25) is 0 Å². The van der Waals surface area contributed by atoms with Crippen molar-refractivity contribution >= 4 is 5.69 Å². The second-order valence-electron chi connectivity index (χ2n) is 8.85. The summed E-state index contributed by atoms with van der Waals surface area (Å²) in [5.74, 6) is 0.731. The third-order valence-corrected chi connectivity index (χ3v) is 6.72. The summed E-state index contributed by atoms with van der Waals surface area (Å²) in [6.45, 7) is 6.11. The van der Waals surface area contributed by atoms with E-state index in [-0.39, 0.29) is 6.04 Å². The van der Waals surface area contributed by atoms with Gasteiger partial charge in [-0.2, -0.15) is 13.2 Å². The number of hydrogen-bond donors (Lipinski definition) is 1. The van der Waals surface area contributed by atoms with Crippen LogP contribution in [0.25, 0.3) is 11.3 Å². The van der Waals surface area contributed by atoms with Crippen molar-refractivity contribution in [3.63, 3.8) is 0 Å². The van der Waals surface area contributed by atoms with E-state index < -0.39 is 11.7 Å². The number of aryl methyl sites for hydroxylation is 4. The predicted molar refractivity (Wildman–Crippen MR) is 130 cm³/mol. The van der Waals surface area contributed by atoms with E-state index in [1.807, 2.05) is 13.0 Å². The van der Waals surface area contributed by atoms with Crippen LogP contribution in [0.1, 0.15) is 66.2 Å². The molecule has 3 nitrogen and oxygen atoms in total. The summed E-state index contributed by atoms with van der Waals surface area (Å²) in [4.78, 5) is 5.08. The molecule has 0 amide bonds. The first kappa shape index (κ1) is 24.1. The van der Waals surface area contributed by atoms with Crippen LogP contribution >= 0.6 is 0 Å². The van der Waals surface area contributed by atoms with Crippen LogP contribution in [0, 0.1) is 6.92 Å². The Labute approximate surface area is 199 Å². The van der Waals surface area contributed by atoms with Crippen LogP contribution in [0.15, 0.2) is 42.5 Å². The van der Waals surface area contributed by atoms with Crippen molar-refractivity contribution in [3.8, 4) is 17.0 Å². The van der Waals surface area contributed by atoms with E-state index in [0.29, 0.717) is 5.69 Å². The molecule has 180 valence electrons. The van der Waals surface area contributed by atoms with Gasteiger partial charge >= 0.3 is 6.18 Å². The van der Waals surface area contributed by atoms with Crippen LogP contribution in [0.3, 0.4) is 0 Å². The number of rotatable bonds is 6. The fraction of sp³-hybridized carbons (Fsp3) is 0.393. The number of aromatic nitrogens is 1. The lowest BCUT2D eigenvalue weighted by Gasteiger charge is -2.30. The second kappa shape index (κ2) is 9.69. The first-order valence-corrected chi connectivity index (χ1v) is 11.9. The van der Waals surface area contributed by atoms with Gasteiger partial charge in [0.15, 0.2) is 0 Å². The van der Waals surface area contributed by atoms with Crippen molar-refractivity contribution in [2.75, 3.05) is 12.4 Å². The molecule has 1 aliphatic carbocycles. The molecule has 1 heterocycles. The van der Waals surface area contributed by atoms with Crippen LogP contribution in [-0.2, 0) is 25.4 Å². The zero-order chi connectivity index (χ0) is 24.5. The summed E-state index contributed by atoms with van der Waals surface area (Å²) < 4.78 is 45.8. The van der Waals surface area contributed by atoms with Crippen molar-refractivity contribution in [1.29, 1.82) is 0 Å². The molecule has 6 heteroatoms. The van der Waals surface area contributed by atoms with Gasteiger partial charge in [-0.05, 0) is 67.9 Å².